The number of alkyl halides is 6. The van der Waals surface area contributed by atoms with Crippen molar-refractivity contribution in [1.29, 1.82) is 0 Å². The van der Waals surface area contributed by atoms with Crippen LogP contribution in [0.3, 0.4) is 0 Å². The lowest BCUT2D eigenvalue weighted by Gasteiger charge is -2.23. The van der Waals surface area contributed by atoms with E-state index in [1.807, 2.05) is 0 Å². The lowest BCUT2D eigenvalue weighted by Crippen LogP contribution is -2.39. The molecule has 0 bridgehead atoms. The number of benzene rings is 2. The summed E-state index contributed by atoms with van der Waals surface area (Å²) in [6.45, 7) is -0.136. The molecule has 2 aromatic carbocycles. The Balaban J connectivity index is 1.91. The fourth-order valence-electron chi connectivity index (χ4n) is 3.11. The van der Waals surface area contributed by atoms with Crippen molar-refractivity contribution in [2.45, 2.75) is 18.8 Å². The third-order valence-electron chi connectivity index (χ3n) is 4.85. The van der Waals surface area contributed by atoms with E-state index in [9.17, 15) is 36.3 Å². The zero-order valence-corrected chi connectivity index (χ0v) is 17.3. The molecule has 1 heterocycles. The highest BCUT2D eigenvalue weighted by molar-refractivity contribution is 6.49. The van der Waals surface area contributed by atoms with Crippen LogP contribution in [0.15, 0.2) is 78.1 Å². The molecule has 11 heteroatoms. The highest BCUT2D eigenvalue weighted by Crippen LogP contribution is 2.30. The second-order valence-corrected chi connectivity index (χ2v) is 7.12. The van der Waals surface area contributed by atoms with Crippen molar-refractivity contribution >= 4 is 17.3 Å². The first-order valence-corrected chi connectivity index (χ1v) is 9.79. The van der Waals surface area contributed by atoms with Gasteiger partial charge in [0.1, 0.15) is 5.69 Å². The van der Waals surface area contributed by atoms with Gasteiger partial charge in [-0.3, -0.25) is 4.79 Å². The van der Waals surface area contributed by atoms with Crippen LogP contribution >= 0.6 is 0 Å². The van der Waals surface area contributed by atoms with Gasteiger partial charge in [0.15, 0.2) is 5.71 Å². The van der Waals surface area contributed by atoms with Gasteiger partial charge in [0.2, 0.25) is 0 Å². The molecule has 3 rings (SSSR count). The molecule has 0 spiro atoms. The molecule has 3 aromatic rings. The number of oxime groups is 1. The molecular weight excluding hydrogens is 464 g/mol. The first-order valence-electron chi connectivity index (χ1n) is 9.79. The van der Waals surface area contributed by atoms with Crippen LogP contribution in [0.1, 0.15) is 22.4 Å². The maximum Gasteiger partial charge on any atom is 0.433 e. The predicted molar refractivity (Wildman–Crippen MR) is 112 cm³/mol. The zero-order valence-electron chi connectivity index (χ0n) is 17.3. The molecule has 0 radical (unpaired) electrons. The van der Waals surface area contributed by atoms with Crippen LogP contribution in [0.4, 0.5) is 32.0 Å². The summed E-state index contributed by atoms with van der Waals surface area (Å²) in [5.41, 5.74) is -1.67. The van der Waals surface area contributed by atoms with E-state index in [4.69, 9.17) is 0 Å². The van der Waals surface area contributed by atoms with Crippen molar-refractivity contribution in [2.24, 2.45) is 5.16 Å². The minimum atomic E-state index is -4.69. The van der Waals surface area contributed by atoms with Crippen LogP contribution < -0.4 is 4.90 Å². The highest BCUT2D eigenvalue weighted by atomic mass is 19.4. The lowest BCUT2D eigenvalue weighted by atomic mass is 10.1. The van der Waals surface area contributed by atoms with Crippen LogP contribution in [0.5, 0.6) is 0 Å². The first-order chi connectivity index (χ1) is 16.0. The number of hydrogen-bond donors (Lipinski definition) is 1. The number of anilines is 1. The van der Waals surface area contributed by atoms with Crippen molar-refractivity contribution in [3.05, 3.63) is 95.3 Å². The van der Waals surface area contributed by atoms with Crippen LogP contribution in [-0.2, 0) is 23.6 Å². The van der Waals surface area contributed by atoms with E-state index >= 15 is 0 Å². The number of halogens is 6. The molecule has 0 aliphatic carbocycles. The number of pyridine rings is 1. The Labute approximate surface area is 190 Å². The summed E-state index contributed by atoms with van der Waals surface area (Å²) in [6.07, 6.45) is -8.27. The van der Waals surface area contributed by atoms with E-state index in [-0.39, 0.29) is 29.9 Å². The maximum absolute atomic E-state index is 13.2. The molecule has 0 fully saturated rings. The second-order valence-electron chi connectivity index (χ2n) is 7.12. The van der Waals surface area contributed by atoms with E-state index in [0.717, 1.165) is 29.3 Å². The Hall–Kier alpha value is -3.89. The number of hydrogen-bond acceptors (Lipinski definition) is 4. The highest BCUT2D eigenvalue weighted by Gasteiger charge is 2.33. The average molecular weight is 481 g/mol. The van der Waals surface area contributed by atoms with Gasteiger partial charge in [-0.05, 0) is 36.2 Å². The second kappa shape index (κ2) is 9.94. The minimum absolute atomic E-state index is 0.0120. The first kappa shape index (κ1) is 24.7. The van der Waals surface area contributed by atoms with E-state index in [1.165, 1.54) is 24.3 Å². The Morgan fingerprint density at radius 3 is 2.03 bits per heavy atom. The molecule has 0 saturated heterocycles. The van der Waals surface area contributed by atoms with Gasteiger partial charge in [0, 0.05) is 12.1 Å². The zero-order chi connectivity index (χ0) is 24.9. The van der Waals surface area contributed by atoms with E-state index in [1.54, 1.807) is 18.2 Å². The largest absolute Gasteiger partial charge is 0.433 e. The summed E-state index contributed by atoms with van der Waals surface area (Å²) in [5, 5.41) is 12.5. The molecule has 0 unspecified atom stereocenters. The number of carbonyl (C=O) groups is 1. The molecule has 0 aliphatic rings. The Bertz CT molecular complexity index is 1140. The summed E-state index contributed by atoms with van der Waals surface area (Å²) in [5.74, 6) is -0.831. The standard InChI is InChI=1S/C23H17F6N3O2/c24-22(25,26)17-8-6-15(7-9-17)12-13-32(18-10-11-19(30-14-18)23(27,28)29)21(33)20(31-34)16-4-2-1-3-5-16/h1-11,14,34H,12-13H2/b31-20+. The normalized spacial score (nSPS) is 12.5. The maximum atomic E-state index is 13.2. The van der Waals surface area contributed by atoms with Gasteiger partial charge in [0.05, 0.1) is 17.4 Å². The minimum Gasteiger partial charge on any atom is -0.410 e. The quantitative estimate of drug-likeness (QED) is 0.217. The lowest BCUT2D eigenvalue weighted by molar-refractivity contribution is -0.141. The molecule has 34 heavy (non-hydrogen) atoms. The van der Waals surface area contributed by atoms with E-state index in [2.05, 4.69) is 10.1 Å². The van der Waals surface area contributed by atoms with Gasteiger partial charge in [-0.15, -0.1) is 0 Å². The van der Waals surface area contributed by atoms with Gasteiger partial charge >= 0.3 is 12.4 Å². The van der Waals surface area contributed by atoms with Gasteiger partial charge in [-0.25, -0.2) is 4.98 Å². The third kappa shape index (κ3) is 5.91. The third-order valence-corrected chi connectivity index (χ3v) is 4.85. The number of aromatic nitrogens is 1. The smallest absolute Gasteiger partial charge is 0.410 e. The predicted octanol–water partition coefficient (Wildman–Crippen LogP) is 5.57. The monoisotopic (exact) mass is 481 g/mol. The van der Waals surface area contributed by atoms with Gasteiger partial charge in [-0.2, -0.15) is 26.3 Å². The van der Waals surface area contributed by atoms with Crippen LogP contribution in [0.2, 0.25) is 0 Å². The van der Waals surface area contributed by atoms with Crippen molar-refractivity contribution in [3.8, 4) is 0 Å². The molecule has 1 N–H and O–H groups in total. The number of nitrogens with zero attached hydrogens (tertiary/aromatic N) is 3. The number of rotatable bonds is 6. The van der Waals surface area contributed by atoms with Crippen molar-refractivity contribution in [3.63, 3.8) is 0 Å². The van der Waals surface area contributed by atoms with Crippen molar-refractivity contribution in [1.82, 2.24) is 4.98 Å². The fourth-order valence-corrected chi connectivity index (χ4v) is 3.11. The summed E-state index contributed by atoms with van der Waals surface area (Å²) >= 11 is 0. The van der Waals surface area contributed by atoms with Crippen molar-refractivity contribution < 1.29 is 36.3 Å². The number of amides is 1. The molecule has 178 valence electrons. The molecule has 5 nitrogen and oxygen atoms in total. The topological polar surface area (TPSA) is 65.8 Å². The fraction of sp³-hybridized carbons (Fsp3) is 0.174. The van der Waals surface area contributed by atoms with Gasteiger partial charge in [0.25, 0.3) is 5.91 Å². The summed E-state index contributed by atoms with van der Waals surface area (Å²) < 4.78 is 77.1. The molecule has 0 aliphatic heterocycles. The average Bonchev–Trinajstić information content (AvgIpc) is 2.80. The van der Waals surface area contributed by atoms with Crippen LogP contribution in [0, 0.1) is 0 Å². The summed E-state index contributed by atoms with van der Waals surface area (Å²) in [4.78, 5) is 17.6. The van der Waals surface area contributed by atoms with Crippen LogP contribution in [0.25, 0.3) is 0 Å². The van der Waals surface area contributed by atoms with E-state index in [0.29, 0.717) is 11.6 Å². The Morgan fingerprint density at radius 2 is 1.53 bits per heavy atom. The summed E-state index contributed by atoms with van der Waals surface area (Å²) in [7, 11) is 0. The Kier molecular flexibility index (Phi) is 7.23. The van der Waals surface area contributed by atoms with Gasteiger partial charge < -0.3 is 10.1 Å². The number of carbonyl (C=O) groups excluding carboxylic acids is 1. The van der Waals surface area contributed by atoms with Crippen molar-refractivity contribution in [2.75, 3.05) is 11.4 Å². The Morgan fingerprint density at radius 1 is 0.882 bits per heavy atom. The molecule has 0 saturated carbocycles. The molecule has 0 atom stereocenters. The SMILES string of the molecule is O=C(/C(=N/O)c1ccccc1)N(CCc1ccc(C(F)(F)F)cc1)c1ccc(C(F)(F)F)nc1. The van der Waals surface area contributed by atoms with E-state index < -0.39 is 29.5 Å². The molecule has 1 aromatic heterocycles. The summed E-state index contributed by atoms with van der Waals surface area (Å²) in [6, 6.07) is 13.9. The van der Waals surface area contributed by atoms with Crippen LogP contribution in [-0.4, -0.2) is 28.4 Å². The molecular formula is C23H17F6N3O2. The molecule has 1 amide bonds. The van der Waals surface area contributed by atoms with Gasteiger partial charge in [-0.1, -0.05) is 47.6 Å².